The van der Waals surface area contributed by atoms with Crippen molar-refractivity contribution in [3.63, 3.8) is 0 Å². The predicted molar refractivity (Wildman–Crippen MR) is 110 cm³/mol. The van der Waals surface area contributed by atoms with Gasteiger partial charge in [0, 0.05) is 13.6 Å². The van der Waals surface area contributed by atoms with Gasteiger partial charge in [-0.15, -0.1) is 10.2 Å². The van der Waals surface area contributed by atoms with Crippen molar-refractivity contribution in [3.8, 4) is 6.07 Å². The molecule has 0 spiro atoms. The summed E-state index contributed by atoms with van der Waals surface area (Å²) < 4.78 is 28.3. The first-order valence-electron chi connectivity index (χ1n) is 8.90. The van der Waals surface area contributed by atoms with Gasteiger partial charge in [-0.05, 0) is 19.1 Å². The molecule has 1 aromatic carbocycles. The quantitative estimate of drug-likeness (QED) is 0.517. The number of nitrogens with zero attached hydrogens (tertiary/aromatic N) is 6. The highest BCUT2D eigenvalue weighted by Gasteiger charge is 2.21. The van der Waals surface area contributed by atoms with Crippen LogP contribution in [0.25, 0.3) is 0 Å². The second-order valence-corrected chi connectivity index (χ2v) is 9.13. The Balaban J connectivity index is 1.69. The van der Waals surface area contributed by atoms with Crippen molar-refractivity contribution < 1.29 is 13.2 Å². The summed E-state index contributed by atoms with van der Waals surface area (Å²) in [6, 6.07) is 10.1. The van der Waals surface area contributed by atoms with Gasteiger partial charge in [0.25, 0.3) is 0 Å². The van der Waals surface area contributed by atoms with Crippen LogP contribution in [0.15, 0.2) is 46.6 Å². The van der Waals surface area contributed by atoms with Crippen molar-refractivity contribution in [2.45, 2.75) is 29.3 Å². The molecule has 2 heterocycles. The highest BCUT2D eigenvalue weighted by molar-refractivity contribution is 7.99. The van der Waals surface area contributed by atoms with Crippen LogP contribution in [0.3, 0.4) is 0 Å². The van der Waals surface area contributed by atoms with Crippen molar-refractivity contribution in [2.75, 3.05) is 11.1 Å². The summed E-state index contributed by atoms with van der Waals surface area (Å²) in [5.74, 6) is 0.00620. The van der Waals surface area contributed by atoms with Crippen molar-refractivity contribution >= 4 is 33.3 Å². The summed E-state index contributed by atoms with van der Waals surface area (Å²) in [5.41, 5.74) is 0.265. The molecule has 3 rings (SSSR count). The van der Waals surface area contributed by atoms with Crippen molar-refractivity contribution in [2.24, 2.45) is 7.05 Å². The number of hydrogen-bond acceptors (Lipinski definition) is 8. The molecule has 10 nitrogen and oxygen atoms in total. The Morgan fingerprint density at radius 3 is 2.67 bits per heavy atom. The summed E-state index contributed by atoms with van der Waals surface area (Å²) in [5, 5.41) is 24.2. The molecule has 1 N–H and O–H groups in total. The lowest BCUT2D eigenvalue weighted by Crippen LogP contribution is -2.18. The first-order valence-corrected chi connectivity index (χ1v) is 11.5. The first kappa shape index (κ1) is 21.5. The number of sulfone groups is 1. The van der Waals surface area contributed by atoms with Crippen LogP contribution in [0, 0.1) is 11.3 Å². The Kier molecular flexibility index (Phi) is 6.53. The number of amides is 1. The number of carbonyl (C=O) groups is 1. The molecule has 3 aromatic rings. The van der Waals surface area contributed by atoms with Crippen LogP contribution in [-0.2, 0) is 34.0 Å². The SMILES string of the molecule is CCn1c(CS(=O)(=O)c2ccccc2)nnc1SCC(=O)Nc1c(C#N)cnn1C. The molecule has 0 radical (unpaired) electrons. The Hall–Kier alpha value is -3.17. The molecule has 0 aliphatic heterocycles. The van der Waals surface area contributed by atoms with Crippen LogP contribution in [0.5, 0.6) is 0 Å². The zero-order chi connectivity index (χ0) is 21.7. The lowest BCUT2D eigenvalue weighted by molar-refractivity contribution is -0.113. The van der Waals surface area contributed by atoms with Gasteiger partial charge < -0.3 is 9.88 Å². The molecule has 0 bridgehead atoms. The molecule has 0 saturated carbocycles. The Labute approximate surface area is 177 Å². The Morgan fingerprint density at radius 2 is 2.00 bits per heavy atom. The van der Waals surface area contributed by atoms with E-state index in [1.807, 2.05) is 13.0 Å². The first-order chi connectivity index (χ1) is 14.4. The second kappa shape index (κ2) is 9.10. The van der Waals surface area contributed by atoms with Gasteiger partial charge in [-0.3, -0.25) is 9.48 Å². The third kappa shape index (κ3) is 4.69. The molecule has 1 amide bonds. The molecule has 2 aromatic heterocycles. The number of hydrogen-bond donors (Lipinski definition) is 1. The maximum absolute atomic E-state index is 12.6. The van der Waals surface area contributed by atoms with Crippen LogP contribution in [-0.4, -0.2) is 44.6 Å². The minimum Gasteiger partial charge on any atom is -0.309 e. The lowest BCUT2D eigenvalue weighted by atomic mass is 10.3. The van der Waals surface area contributed by atoms with E-state index >= 15 is 0 Å². The lowest BCUT2D eigenvalue weighted by Gasteiger charge is -2.09. The van der Waals surface area contributed by atoms with Crippen LogP contribution in [0.2, 0.25) is 0 Å². The highest BCUT2D eigenvalue weighted by atomic mass is 32.2. The molecule has 0 unspecified atom stereocenters. The van der Waals surface area contributed by atoms with E-state index in [0.29, 0.717) is 23.3 Å². The second-order valence-electron chi connectivity index (χ2n) is 6.19. The average molecular weight is 446 g/mol. The van der Waals surface area contributed by atoms with Gasteiger partial charge in [0.15, 0.2) is 15.0 Å². The number of thioether (sulfide) groups is 1. The topological polar surface area (TPSA) is 136 Å². The Morgan fingerprint density at radius 1 is 1.27 bits per heavy atom. The summed E-state index contributed by atoms with van der Waals surface area (Å²) in [6.45, 7) is 2.30. The minimum atomic E-state index is -3.56. The summed E-state index contributed by atoms with van der Waals surface area (Å²) in [6.07, 6.45) is 1.37. The molecular weight excluding hydrogens is 426 g/mol. The third-order valence-electron chi connectivity index (χ3n) is 4.18. The van der Waals surface area contributed by atoms with E-state index in [1.54, 1.807) is 29.8 Å². The van der Waals surface area contributed by atoms with Crippen molar-refractivity contribution in [3.05, 3.63) is 47.9 Å². The Bertz CT molecular complexity index is 1190. The van der Waals surface area contributed by atoms with Crippen molar-refractivity contribution in [1.29, 1.82) is 5.26 Å². The number of carbonyl (C=O) groups excluding carboxylic acids is 1. The molecule has 12 heteroatoms. The molecule has 30 heavy (non-hydrogen) atoms. The van der Waals surface area contributed by atoms with E-state index < -0.39 is 9.84 Å². The van der Waals surface area contributed by atoms with Gasteiger partial charge in [-0.2, -0.15) is 10.4 Å². The van der Waals surface area contributed by atoms with Gasteiger partial charge in [-0.1, -0.05) is 30.0 Å². The number of benzene rings is 1. The predicted octanol–water partition coefficient (Wildman–Crippen LogP) is 1.61. The fourth-order valence-corrected chi connectivity index (χ4v) is 4.81. The van der Waals surface area contributed by atoms with Gasteiger partial charge in [0.1, 0.15) is 29.0 Å². The molecule has 156 valence electrons. The van der Waals surface area contributed by atoms with Crippen LogP contribution in [0.1, 0.15) is 18.3 Å². The average Bonchev–Trinajstić information content (AvgIpc) is 3.29. The number of aryl methyl sites for hydroxylation is 1. The smallest absolute Gasteiger partial charge is 0.236 e. The van der Waals surface area contributed by atoms with Crippen LogP contribution < -0.4 is 5.32 Å². The normalized spacial score (nSPS) is 11.2. The number of rotatable bonds is 8. The number of anilines is 1. The number of aromatic nitrogens is 5. The van der Waals surface area contributed by atoms with E-state index in [2.05, 4.69) is 20.6 Å². The molecular formula is C18H19N7O3S2. The minimum absolute atomic E-state index is 0.0135. The molecule has 0 aliphatic rings. The molecule has 0 aliphatic carbocycles. The van der Waals surface area contributed by atoms with E-state index in [1.165, 1.54) is 23.0 Å². The summed E-state index contributed by atoms with van der Waals surface area (Å²) in [4.78, 5) is 12.5. The van der Waals surface area contributed by atoms with Crippen molar-refractivity contribution in [1.82, 2.24) is 24.5 Å². The zero-order valence-corrected chi connectivity index (χ0v) is 17.9. The molecule has 0 fully saturated rings. The van der Waals surface area contributed by atoms with Gasteiger partial charge in [0.2, 0.25) is 5.91 Å². The molecule has 0 atom stereocenters. The van der Waals surface area contributed by atoms with E-state index in [9.17, 15) is 13.2 Å². The number of nitriles is 1. The van der Waals surface area contributed by atoms with E-state index in [4.69, 9.17) is 5.26 Å². The largest absolute Gasteiger partial charge is 0.309 e. The summed E-state index contributed by atoms with van der Waals surface area (Å²) >= 11 is 1.13. The third-order valence-corrected chi connectivity index (χ3v) is 6.78. The van der Waals surface area contributed by atoms with Gasteiger partial charge in [-0.25, -0.2) is 8.42 Å². The summed E-state index contributed by atoms with van der Waals surface area (Å²) in [7, 11) is -1.94. The fourth-order valence-electron chi connectivity index (χ4n) is 2.70. The molecule has 0 saturated heterocycles. The van der Waals surface area contributed by atoms with Gasteiger partial charge in [0.05, 0.1) is 16.8 Å². The fraction of sp³-hybridized carbons (Fsp3) is 0.278. The van der Waals surface area contributed by atoms with E-state index in [0.717, 1.165) is 11.8 Å². The maximum Gasteiger partial charge on any atom is 0.236 e. The van der Waals surface area contributed by atoms with Gasteiger partial charge >= 0.3 is 0 Å². The van der Waals surface area contributed by atoms with E-state index in [-0.39, 0.29) is 27.9 Å². The number of nitrogens with one attached hydrogen (secondary N) is 1. The highest BCUT2D eigenvalue weighted by Crippen LogP contribution is 2.21. The van der Waals surface area contributed by atoms with Crippen LogP contribution >= 0.6 is 11.8 Å². The monoisotopic (exact) mass is 445 g/mol. The zero-order valence-electron chi connectivity index (χ0n) is 16.3. The maximum atomic E-state index is 12.6. The standard InChI is InChI=1S/C18H19N7O3S2/c1-3-25-15(12-30(27,28)14-7-5-4-6-8-14)22-23-18(25)29-11-16(26)21-17-13(9-19)10-20-24(17)2/h4-8,10H,3,11-12H2,1-2H3,(H,21,26). The van der Waals surface area contributed by atoms with Crippen LogP contribution in [0.4, 0.5) is 5.82 Å².